The number of sulfone groups is 1. The van der Waals surface area contributed by atoms with Crippen LogP contribution < -0.4 is 10.6 Å². The number of amides is 2. The molecule has 0 unspecified atom stereocenters. The van der Waals surface area contributed by atoms with Crippen molar-refractivity contribution in [3.63, 3.8) is 0 Å². The topological polar surface area (TPSA) is 136 Å². The van der Waals surface area contributed by atoms with Crippen LogP contribution in [-0.4, -0.2) is 68.3 Å². The molecule has 2 N–H and O–H groups in total. The molecule has 35 heavy (non-hydrogen) atoms. The maximum absolute atomic E-state index is 13.1. The molecule has 1 aliphatic heterocycles. The van der Waals surface area contributed by atoms with E-state index in [2.05, 4.69) is 20.8 Å². The number of anilines is 1. The Morgan fingerprint density at radius 2 is 2.03 bits per heavy atom. The number of rotatable bonds is 11. The van der Waals surface area contributed by atoms with Crippen LogP contribution in [0.1, 0.15) is 31.2 Å². The van der Waals surface area contributed by atoms with Crippen LogP contribution in [0.3, 0.4) is 0 Å². The molecule has 2 fully saturated rings. The van der Waals surface area contributed by atoms with Gasteiger partial charge in [-0.15, -0.1) is 11.8 Å². The highest BCUT2D eigenvalue weighted by molar-refractivity contribution is 8.01. The molecule has 13 heteroatoms. The number of thioether (sulfide) groups is 1. The highest BCUT2D eigenvalue weighted by atomic mass is 32.2. The van der Waals surface area contributed by atoms with Gasteiger partial charge in [-0.2, -0.15) is 0 Å². The number of carbonyl (C=O) groups excluding carboxylic acids is 2. The average molecular weight is 539 g/mol. The molecular formula is C22H26N4O6S3. The summed E-state index contributed by atoms with van der Waals surface area (Å²) in [6, 6.07) is 6.11. The number of benzene rings is 1. The molecule has 2 aromatic rings. The number of ether oxygens (including phenoxy) is 1. The molecule has 1 aliphatic carbocycles. The van der Waals surface area contributed by atoms with E-state index in [0.717, 1.165) is 4.21 Å². The number of aromatic nitrogens is 1. The first kappa shape index (κ1) is 25.6. The van der Waals surface area contributed by atoms with E-state index in [0.29, 0.717) is 55.3 Å². The third kappa shape index (κ3) is 6.81. The molecule has 188 valence electrons. The normalized spacial score (nSPS) is 18.3. The summed E-state index contributed by atoms with van der Waals surface area (Å²) in [5.74, 6) is 0.0213. The summed E-state index contributed by atoms with van der Waals surface area (Å²) in [5, 5.41) is 9.47. The molecule has 1 atom stereocenters. The Labute approximate surface area is 211 Å². The molecule has 0 spiro atoms. The lowest BCUT2D eigenvalue weighted by atomic mass is 10.1. The second-order valence-corrected chi connectivity index (χ2v) is 12.7. The van der Waals surface area contributed by atoms with Gasteiger partial charge >= 0.3 is 0 Å². The van der Waals surface area contributed by atoms with Crippen molar-refractivity contribution in [2.75, 3.05) is 31.3 Å². The van der Waals surface area contributed by atoms with Crippen molar-refractivity contribution in [2.45, 2.75) is 46.1 Å². The van der Waals surface area contributed by atoms with Crippen molar-refractivity contribution in [1.29, 1.82) is 0 Å². The zero-order valence-corrected chi connectivity index (χ0v) is 21.5. The zero-order valence-electron chi connectivity index (χ0n) is 19.1. The molecule has 0 radical (unpaired) electrons. The van der Waals surface area contributed by atoms with Crippen LogP contribution in [0.2, 0.25) is 0 Å². The quantitative estimate of drug-likeness (QED) is 0.253. The van der Waals surface area contributed by atoms with Crippen molar-refractivity contribution >= 4 is 55.6 Å². The second-order valence-electron chi connectivity index (χ2n) is 8.01. The van der Waals surface area contributed by atoms with E-state index in [1.54, 1.807) is 25.4 Å². The molecule has 1 saturated carbocycles. The zero-order chi connectivity index (χ0) is 24.8. The third-order valence-corrected chi connectivity index (χ3v) is 9.76. The van der Waals surface area contributed by atoms with Crippen LogP contribution in [0, 0.1) is 0 Å². The lowest BCUT2D eigenvalue weighted by molar-refractivity contribution is -0.120. The number of oxime groups is 1. The number of thiazole rings is 1. The SMILES string of the molecule is CNC(=O)CCSc1cnc(NC(=O)/C(=N/O[C@@H]2CCOC2)c2ccc(S(=O)(=O)C3CC3)cc2)s1. The Bertz CT molecular complexity index is 1190. The lowest BCUT2D eigenvalue weighted by Crippen LogP contribution is -2.25. The molecule has 2 amide bonds. The fourth-order valence-electron chi connectivity index (χ4n) is 3.23. The summed E-state index contributed by atoms with van der Waals surface area (Å²) in [5.41, 5.74) is 0.434. The first-order valence-electron chi connectivity index (χ1n) is 11.1. The summed E-state index contributed by atoms with van der Waals surface area (Å²) in [6.45, 7) is 0.953. The van der Waals surface area contributed by atoms with Gasteiger partial charge in [-0.1, -0.05) is 28.6 Å². The van der Waals surface area contributed by atoms with Gasteiger partial charge in [0.1, 0.15) is 0 Å². The van der Waals surface area contributed by atoms with Gasteiger partial charge in [-0.3, -0.25) is 14.9 Å². The van der Waals surface area contributed by atoms with Gasteiger partial charge in [0.05, 0.1) is 33.8 Å². The van der Waals surface area contributed by atoms with E-state index in [1.807, 2.05) is 0 Å². The van der Waals surface area contributed by atoms with Crippen LogP contribution >= 0.6 is 23.1 Å². The van der Waals surface area contributed by atoms with E-state index >= 15 is 0 Å². The predicted molar refractivity (Wildman–Crippen MR) is 134 cm³/mol. The van der Waals surface area contributed by atoms with E-state index < -0.39 is 15.7 Å². The molecule has 1 saturated heterocycles. The Balaban J connectivity index is 1.47. The Morgan fingerprint density at radius 1 is 1.26 bits per heavy atom. The minimum atomic E-state index is -3.34. The van der Waals surface area contributed by atoms with Crippen molar-refractivity contribution in [3.8, 4) is 0 Å². The predicted octanol–water partition coefficient (Wildman–Crippen LogP) is 2.46. The smallest absolute Gasteiger partial charge is 0.280 e. The maximum atomic E-state index is 13.1. The van der Waals surface area contributed by atoms with Crippen LogP contribution in [0.5, 0.6) is 0 Å². The minimum absolute atomic E-state index is 0.0105. The van der Waals surface area contributed by atoms with E-state index in [4.69, 9.17) is 9.57 Å². The summed E-state index contributed by atoms with van der Waals surface area (Å²) >= 11 is 2.76. The lowest BCUT2D eigenvalue weighted by Gasteiger charge is -2.10. The molecule has 4 rings (SSSR count). The van der Waals surface area contributed by atoms with Gasteiger partial charge < -0.3 is 14.9 Å². The monoisotopic (exact) mass is 538 g/mol. The van der Waals surface area contributed by atoms with Crippen molar-refractivity contribution < 1.29 is 27.6 Å². The molecule has 2 aliphatic rings. The third-order valence-electron chi connectivity index (χ3n) is 5.37. The van der Waals surface area contributed by atoms with E-state index in [9.17, 15) is 18.0 Å². The fourth-order valence-corrected chi connectivity index (χ4v) is 6.77. The Morgan fingerprint density at radius 3 is 2.69 bits per heavy atom. The summed E-state index contributed by atoms with van der Waals surface area (Å²) in [6.07, 6.45) is 3.78. The summed E-state index contributed by atoms with van der Waals surface area (Å²) in [4.78, 5) is 34.5. The number of hydrogen-bond acceptors (Lipinski definition) is 10. The van der Waals surface area contributed by atoms with Crippen molar-refractivity contribution in [3.05, 3.63) is 36.0 Å². The first-order chi connectivity index (χ1) is 16.9. The minimum Gasteiger partial charge on any atom is -0.389 e. The molecule has 10 nitrogen and oxygen atoms in total. The summed E-state index contributed by atoms with van der Waals surface area (Å²) in [7, 11) is -1.75. The number of carbonyl (C=O) groups is 2. The second kappa shape index (κ2) is 11.5. The average Bonchev–Trinajstić information content (AvgIpc) is 3.43. The van der Waals surface area contributed by atoms with Gasteiger partial charge in [0.15, 0.2) is 26.8 Å². The number of nitrogens with zero attached hydrogens (tertiary/aromatic N) is 2. The van der Waals surface area contributed by atoms with E-state index in [-0.39, 0.29) is 27.9 Å². The van der Waals surface area contributed by atoms with Crippen molar-refractivity contribution in [2.24, 2.45) is 5.16 Å². The molecule has 2 heterocycles. The maximum Gasteiger partial charge on any atom is 0.280 e. The van der Waals surface area contributed by atoms with Crippen LogP contribution in [0.15, 0.2) is 44.7 Å². The van der Waals surface area contributed by atoms with Gasteiger partial charge in [0.2, 0.25) is 5.91 Å². The van der Waals surface area contributed by atoms with Crippen LogP contribution in [0.4, 0.5) is 5.13 Å². The van der Waals surface area contributed by atoms with E-state index in [1.165, 1.54) is 35.2 Å². The first-order valence-corrected chi connectivity index (χ1v) is 14.5. The number of nitrogens with one attached hydrogen (secondary N) is 2. The molecule has 1 aromatic heterocycles. The Kier molecular flexibility index (Phi) is 8.42. The van der Waals surface area contributed by atoms with Crippen LogP contribution in [-0.2, 0) is 29.0 Å². The van der Waals surface area contributed by atoms with Gasteiger partial charge in [0.25, 0.3) is 5.91 Å². The largest absolute Gasteiger partial charge is 0.389 e. The number of hydrogen-bond donors (Lipinski definition) is 2. The fraction of sp³-hybridized carbons (Fsp3) is 0.455. The van der Waals surface area contributed by atoms with Gasteiger partial charge in [-0.25, -0.2) is 13.4 Å². The highest BCUT2D eigenvalue weighted by Crippen LogP contribution is 2.33. The van der Waals surface area contributed by atoms with Crippen molar-refractivity contribution in [1.82, 2.24) is 10.3 Å². The van der Waals surface area contributed by atoms with Gasteiger partial charge in [0, 0.05) is 31.2 Å². The van der Waals surface area contributed by atoms with Gasteiger partial charge in [-0.05, 0) is 25.0 Å². The molecule has 1 aromatic carbocycles. The Hall–Kier alpha value is -2.48. The molecule has 0 bridgehead atoms. The standard InChI is InChI=1S/C22H26N4O6S3/c1-23-18(27)9-11-33-19-12-24-22(34-19)25-21(28)20(26-32-15-8-10-31-13-15)14-2-4-16(5-3-14)35(29,30)17-6-7-17/h2-5,12,15,17H,6-11,13H2,1H3,(H,23,27)(H,24,25,28)/b26-20+/t15-/m1/s1. The van der Waals surface area contributed by atoms with Crippen LogP contribution in [0.25, 0.3) is 0 Å². The highest BCUT2D eigenvalue weighted by Gasteiger charge is 2.36. The summed E-state index contributed by atoms with van der Waals surface area (Å²) < 4.78 is 31.2. The molecular weight excluding hydrogens is 512 g/mol.